The maximum atomic E-state index is 11.9. The lowest BCUT2D eigenvalue weighted by molar-refractivity contribution is -0.127. The highest BCUT2D eigenvalue weighted by Crippen LogP contribution is 2.25. The van der Waals surface area contributed by atoms with Crippen molar-refractivity contribution in [3.63, 3.8) is 0 Å². The molecule has 3 N–H and O–H groups in total. The van der Waals surface area contributed by atoms with Crippen LogP contribution < -0.4 is 10.6 Å². The van der Waals surface area contributed by atoms with E-state index in [1.54, 1.807) is 21.0 Å². The molecule has 0 aromatic heterocycles. The molecular formula is C15H23N3O3. The molecule has 0 saturated carbocycles. The van der Waals surface area contributed by atoms with Gasteiger partial charge in [0, 0.05) is 32.0 Å². The van der Waals surface area contributed by atoms with E-state index >= 15 is 0 Å². The number of benzene rings is 1. The zero-order valence-corrected chi connectivity index (χ0v) is 13.0. The maximum absolute atomic E-state index is 11.9. The van der Waals surface area contributed by atoms with Crippen LogP contribution in [-0.4, -0.2) is 49.1 Å². The van der Waals surface area contributed by atoms with Crippen LogP contribution >= 0.6 is 0 Å². The van der Waals surface area contributed by atoms with Gasteiger partial charge in [0.1, 0.15) is 0 Å². The van der Waals surface area contributed by atoms with Crippen LogP contribution in [0, 0.1) is 6.92 Å². The number of nitrogen functional groups attached to an aromatic ring is 1. The molecule has 0 bridgehead atoms. The largest absolute Gasteiger partial charge is 0.478 e. The fourth-order valence-electron chi connectivity index (χ4n) is 2.01. The minimum Gasteiger partial charge on any atom is -0.478 e. The SMILES string of the molecule is CCCN(CC(=O)N(C)C)c1cc(C)c(N)c(C(=O)O)c1. The first-order valence-corrected chi connectivity index (χ1v) is 6.86. The second-order valence-corrected chi connectivity index (χ2v) is 5.24. The molecule has 0 saturated heterocycles. The van der Waals surface area contributed by atoms with Crippen LogP contribution in [0.3, 0.4) is 0 Å². The fourth-order valence-corrected chi connectivity index (χ4v) is 2.01. The fraction of sp³-hybridized carbons (Fsp3) is 0.467. The van der Waals surface area contributed by atoms with Crippen molar-refractivity contribution in [2.24, 2.45) is 0 Å². The molecule has 116 valence electrons. The smallest absolute Gasteiger partial charge is 0.337 e. The number of carbonyl (C=O) groups excluding carboxylic acids is 1. The molecule has 0 aliphatic heterocycles. The number of aryl methyl sites for hydroxylation is 1. The zero-order chi connectivity index (χ0) is 16.2. The zero-order valence-electron chi connectivity index (χ0n) is 13.0. The summed E-state index contributed by atoms with van der Waals surface area (Å²) in [6.07, 6.45) is 0.854. The van der Waals surface area contributed by atoms with Gasteiger partial charge in [0.05, 0.1) is 12.1 Å². The second-order valence-electron chi connectivity index (χ2n) is 5.24. The number of carboxylic acids is 1. The van der Waals surface area contributed by atoms with Crippen molar-refractivity contribution in [2.75, 3.05) is 37.8 Å². The Morgan fingerprint density at radius 3 is 2.38 bits per heavy atom. The monoisotopic (exact) mass is 293 g/mol. The van der Waals surface area contributed by atoms with Gasteiger partial charge in [-0.25, -0.2) is 4.79 Å². The summed E-state index contributed by atoms with van der Waals surface area (Å²) in [6.45, 7) is 4.66. The Bertz CT molecular complexity index is 541. The highest BCUT2D eigenvalue weighted by molar-refractivity contribution is 5.96. The topological polar surface area (TPSA) is 86.9 Å². The van der Waals surface area contributed by atoms with Crippen LogP contribution in [0.2, 0.25) is 0 Å². The second kappa shape index (κ2) is 6.97. The van der Waals surface area contributed by atoms with Gasteiger partial charge in [-0.2, -0.15) is 0 Å². The van der Waals surface area contributed by atoms with Crippen molar-refractivity contribution in [3.05, 3.63) is 23.3 Å². The Balaban J connectivity index is 3.19. The number of amides is 1. The van der Waals surface area contributed by atoms with Crippen LogP contribution in [0.5, 0.6) is 0 Å². The van der Waals surface area contributed by atoms with Crippen LogP contribution in [0.4, 0.5) is 11.4 Å². The number of hydrogen-bond acceptors (Lipinski definition) is 4. The number of carbonyl (C=O) groups is 2. The van der Waals surface area contributed by atoms with Gasteiger partial charge in [0.2, 0.25) is 5.91 Å². The number of nitrogens with zero attached hydrogens (tertiary/aromatic N) is 2. The highest BCUT2D eigenvalue weighted by Gasteiger charge is 2.17. The van der Waals surface area contributed by atoms with Crippen molar-refractivity contribution in [1.82, 2.24) is 4.90 Å². The summed E-state index contributed by atoms with van der Waals surface area (Å²) in [5.41, 5.74) is 7.54. The molecule has 0 atom stereocenters. The van der Waals surface area contributed by atoms with E-state index in [4.69, 9.17) is 5.73 Å². The summed E-state index contributed by atoms with van der Waals surface area (Å²) in [7, 11) is 3.40. The molecular weight excluding hydrogens is 270 g/mol. The number of nitrogens with two attached hydrogens (primary N) is 1. The minimum atomic E-state index is -1.06. The molecule has 1 amide bonds. The number of rotatable bonds is 6. The first-order chi connectivity index (χ1) is 9.77. The van der Waals surface area contributed by atoms with Gasteiger partial charge in [0.25, 0.3) is 0 Å². The Morgan fingerprint density at radius 1 is 1.29 bits per heavy atom. The van der Waals surface area contributed by atoms with Crippen molar-refractivity contribution in [2.45, 2.75) is 20.3 Å². The third-order valence-electron chi connectivity index (χ3n) is 3.29. The predicted octanol–water partition coefficient (Wildman–Crippen LogP) is 1.58. The molecule has 0 fully saturated rings. The van der Waals surface area contributed by atoms with Crippen LogP contribution in [-0.2, 0) is 4.79 Å². The van der Waals surface area contributed by atoms with Gasteiger partial charge >= 0.3 is 5.97 Å². The number of aromatic carboxylic acids is 1. The molecule has 21 heavy (non-hydrogen) atoms. The van der Waals surface area contributed by atoms with E-state index in [1.807, 2.05) is 17.9 Å². The van der Waals surface area contributed by atoms with Gasteiger partial charge in [-0.05, 0) is 31.0 Å². The van der Waals surface area contributed by atoms with E-state index in [2.05, 4.69) is 0 Å². The van der Waals surface area contributed by atoms with E-state index in [1.165, 1.54) is 11.0 Å². The molecule has 0 radical (unpaired) electrons. The Kier molecular flexibility index (Phi) is 5.58. The Hall–Kier alpha value is -2.24. The molecule has 0 aliphatic rings. The predicted molar refractivity (Wildman–Crippen MR) is 83.7 cm³/mol. The summed E-state index contributed by atoms with van der Waals surface area (Å²) >= 11 is 0. The quantitative estimate of drug-likeness (QED) is 0.778. The molecule has 0 aliphatic carbocycles. The third-order valence-corrected chi connectivity index (χ3v) is 3.29. The van der Waals surface area contributed by atoms with Crippen LogP contribution in [0.25, 0.3) is 0 Å². The average Bonchev–Trinajstić information content (AvgIpc) is 2.40. The number of anilines is 2. The minimum absolute atomic E-state index is 0.0326. The van der Waals surface area contributed by atoms with E-state index in [9.17, 15) is 14.7 Å². The maximum Gasteiger partial charge on any atom is 0.337 e. The van der Waals surface area contributed by atoms with Crippen molar-refractivity contribution in [1.29, 1.82) is 0 Å². The molecule has 1 rings (SSSR count). The number of carboxylic acid groups (broad SMARTS) is 1. The summed E-state index contributed by atoms with van der Waals surface area (Å²) in [5, 5.41) is 9.22. The molecule has 1 aromatic carbocycles. The summed E-state index contributed by atoms with van der Waals surface area (Å²) in [6, 6.07) is 3.35. The molecule has 6 nitrogen and oxygen atoms in total. The van der Waals surface area contributed by atoms with Gasteiger partial charge in [-0.1, -0.05) is 6.92 Å². The molecule has 6 heteroatoms. The first-order valence-electron chi connectivity index (χ1n) is 6.86. The van der Waals surface area contributed by atoms with Gasteiger partial charge in [-0.15, -0.1) is 0 Å². The molecule has 0 unspecified atom stereocenters. The van der Waals surface area contributed by atoms with E-state index in [0.29, 0.717) is 17.8 Å². The van der Waals surface area contributed by atoms with Gasteiger partial charge in [0.15, 0.2) is 0 Å². The van der Waals surface area contributed by atoms with Crippen LogP contribution in [0.1, 0.15) is 29.3 Å². The van der Waals surface area contributed by atoms with E-state index in [-0.39, 0.29) is 23.7 Å². The normalized spacial score (nSPS) is 10.3. The van der Waals surface area contributed by atoms with Gasteiger partial charge < -0.3 is 20.6 Å². The molecule has 0 spiro atoms. The third kappa shape index (κ3) is 4.11. The van der Waals surface area contributed by atoms with E-state index in [0.717, 1.165) is 6.42 Å². The summed E-state index contributed by atoms with van der Waals surface area (Å²) < 4.78 is 0. The summed E-state index contributed by atoms with van der Waals surface area (Å²) in [5.74, 6) is -1.09. The van der Waals surface area contributed by atoms with Crippen molar-refractivity contribution < 1.29 is 14.7 Å². The van der Waals surface area contributed by atoms with E-state index < -0.39 is 5.97 Å². The van der Waals surface area contributed by atoms with Crippen molar-refractivity contribution in [3.8, 4) is 0 Å². The lowest BCUT2D eigenvalue weighted by Gasteiger charge is -2.26. The lowest BCUT2D eigenvalue weighted by Crippen LogP contribution is -2.37. The first kappa shape index (κ1) is 16.8. The van der Waals surface area contributed by atoms with Crippen LogP contribution in [0.15, 0.2) is 12.1 Å². The number of likely N-dealkylation sites (N-methyl/N-ethyl adjacent to an activating group) is 1. The number of hydrogen-bond donors (Lipinski definition) is 2. The van der Waals surface area contributed by atoms with Crippen molar-refractivity contribution >= 4 is 23.3 Å². The Labute approximate surface area is 125 Å². The van der Waals surface area contributed by atoms with Gasteiger partial charge in [-0.3, -0.25) is 4.79 Å². The summed E-state index contributed by atoms with van der Waals surface area (Å²) in [4.78, 5) is 26.6. The Morgan fingerprint density at radius 2 is 1.90 bits per heavy atom. The molecule has 1 aromatic rings. The highest BCUT2D eigenvalue weighted by atomic mass is 16.4. The lowest BCUT2D eigenvalue weighted by atomic mass is 10.1. The standard InChI is InChI=1S/C15H23N3O3/c1-5-6-18(9-13(19)17(3)4)11-7-10(2)14(16)12(8-11)15(20)21/h7-8H,5-6,9,16H2,1-4H3,(H,20,21). The molecule has 0 heterocycles. The average molecular weight is 293 g/mol.